The Bertz CT molecular complexity index is 696. The van der Waals surface area contributed by atoms with Crippen molar-refractivity contribution in [1.29, 1.82) is 0 Å². The fraction of sp³-hybridized carbons (Fsp3) is 0.471. The Morgan fingerprint density at radius 2 is 2.18 bits per heavy atom. The average molecular weight is 301 g/mol. The van der Waals surface area contributed by atoms with Crippen LogP contribution in [-0.4, -0.2) is 52.7 Å². The first-order valence-electron chi connectivity index (χ1n) is 7.51. The van der Waals surface area contributed by atoms with E-state index < -0.39 is 17.6 Å². The Labute approximate surface area is 128 Å². The van der Waals surface area contributed by atoms with E-state index in [1.165, 1.54) is 6.08 Å². The molecule has 22 heavy (non-hydrogen) atoms. The van der Waals surface area contributed by atoms with Gasteiger partial charge in [-0.25, -0.2) is 0 Å². The highest BCUT2D eigenvalue weighted by Gasteiger charge is 2.59. The molecule has 0 amide bonds. The highest BCUT2D eigenvalue weighted by Crippen LogP contribution is 2.55. The second-order valence-electron chi connectivity index (χ2n) is 6.61. The predicted octanol–water partition coefficient (Wildman–Crippen LogP) is 0.380. The summed E-state index contributed by atoms with van der Waals surface area (Å²) in [5.41, 5.74) is 1.53. The van der Waals surface area contributed by atoms with Gasteiger partial charge in [0.05, 0.1) is 12.5 Å². The molecule has 4 rings (SSSR count). The molecule has 0 saturated carbocycles. The van der Waals surface area contributed by atoms with Gasteiger partial charge in [0, 0.05) is 17.2 Å². The summed E-state index contributed by atoms with van der Waals surface area (Å²) in [7, 11) is 3.87. The van der Waals surface area contributed by atoms with Crippen molar-refractivity contribution in [2.75, 3.05) is 14.1 Å². The maximum Gasteiger partial charge on any atom is 0.196 e. The topological polar surface area (TPSA) is 70.0 Å². The molecule has 1 heterocycles. The van der Waals surface area contributed by atoms with Gasteiger partial charge in [-0.15, -0.1) is 0 Å². The lowest BCUT2D eigenvalue weighted by atomic mass is 9.64. The lowest BCUT2D eigenvalue weighted by Gasteiger charge is -2.48. The Morgan fingerprint density at radius 3 is 2.86 bits per heavy atom. The first-order valence-corrected chi connectivity index (χ1v) is 7.51. The zero-order valence-electron chi connectivity index (χ0n) is 12.6. The molecule has 116 valence electrons. The van der Waals surface area contributed by atoms with Crippen LogP contribution in [0, 0.1) is 0 Å². The lowest BCUT2D eigenvalue weighted by Crippen LogP contribution is -2.60. The molecular formula is C17H19NO4. The third kappa shape index (κ3) is 1.56. The first kappa shape index (κ1) is 13.9. The summed E-state index contributed by atoms with van der Waals surface area (Å²) < 4.78 is 5.89. The van der Waals surface area contributed by atoms with Gasteiger partial charge in [-0.05, 0) is 38.2 Å². The molecule has 5 heteroatoms. The number of benzene rings is 1. The Morgan fingerprint density at radius 1 is 1.41 bits per heavy atom. The van der Waals surface area contributed by atoms with Crippen molar-refractivity contribution in [2.45, 2.75) is 36.7 Å². The summed E-state index contributed by atoms with van der Waals surface area (Å²) in [4.78, 5) is 14.2. The lowest BCUT2D eigenvalue weighted by molar-refractivity contribution is -0.127. The van der Waals surface area contributed by atoms with Crippen LogP contribution >= 0.6 is 0 Å². The molecule has 2 N–H and O–H groups in total. The van der Waals surface area contributed by atoms with Crippen LogP contribution in [0.15, 0.2) is 24.3 Å². The van der Waals surface area contributed by atoms with Crippen LogP contribution < -0.4 is 4.74 Å². The van der Waals surface area contributed by atoms with E-state index in [9.17, 15) is 15.0 Å². The van der Waals surface area contributed by atoms with E-state index in [4.69, 9.17) is 4.74 Å². The van der Waals surface area contributed by atoms with Crippen LogP contribution in [0.3, 0.4) is 0 Å². The van der Waals surface area contributed by atoms with Gasteiger partial charge in [-0.3, -0.25) is 4.79 Å². The van der Waals surface area contributed by atoms with Gasteiger partial charge in [0.15, 0.2) is 11.9 Å². The molecule has 2 aliphatic carbocycles. The van der Waals surface area contributed by atoms with Crippen LogP contribution in [0.25, 0.3) is 0 Å². The minimum atomic E-state index is -1.13. The molecule has 4 atom stereocenters. The second-order valence-corrected chi connectivity index (χ2v) is 6.61. The van der Waals surface area contributed by atoms with E-state index in [1.807, 2.05) is 31.1 Å². The number of hydrogen-bond donors (Lipinski definition) is 2. The van der Waals surface area contributed by atoms with Gasteiger partial charge in [-0.2, -0.15) is 0 Å². The number of aliphatic hydroxyl groups is 2. The van der Waals surface area contributed by atoms with Crippen molar-refractivity contribution < 1.29 is 19.7 Å². The number of ether oxygens (including phenoxy) is 1. The normalized spacial score (nSPS) is 34.8. The standard InChI is InChI=1S/C17H19NO4/c1-18(2)12-7-9-3-4-10(8-19)15-13(9)14-16(22-15)11(20)5-6-17(12,14)21/h3-6,12,14,16,19,21H,7-8H2,1-2H3/t12-,14?,16+,17-/m1/s1. The number of likely N-dealkylation sites (N-methyl/N-ethyl adjacent to an activating group) is 1. The second kappa shape index (κ2) is 4.41. The van der Waals surface area contributed by atoms with E-state index in [0.717, 1.165) is 11.1 Å². The quantitative estimate of drug-likeness (QED) is 0.826. The summed E-state index contributed by atoms with van der Waals surface area (Å²) in [6.45, 7) is -0.140. The summed E-state index contributed by atoms with van der Waals surface area (Å²) in [5, 5.41) is 20.9. The third-order valence-electron chi connectivity index (χ3n) is 5.26. The molecule has 3 aliphatic rings. The maximum absolute atomic E-state index is 12.2. The van der Waals surface area contributed by atoms with Gasteiger partial charge in [0.2, 0.25) is 0 Å². The fourth-order valence-corrected chi connectivity index (χ4v) is 4.21. The molecule has 0 saturated heterocycles. The number of carbonyl (C=O) groups excluding carboxylic acids is 1. The van der Waals surface area contributed by atoms with Gasteiger partial charge in [0.25, 0.3) is 0 Å². The largest absolute Gasteiger partial charge is 0.481 e. The average Bonchev–Trinajstić information content (AvgIpc) is 2.90. The number of hydrogen-bond acceptors (Lipinski definition) is 5. The number of carbonyl (C=O) groups is 1. The van der Waals surface area contributed by atoms with Crippen LogP contribution in [0.1, 0.15) is 22.6 Å². The number of aliphatic hydroxyl groups excluding tert-OH is 1. The predicted molar refractivity (Wildman–Crippen MR) is 79.8 cm³/mol. The molecular weight excluding hydrogens is 282 g/mol. The monoisotopic (exact) mass is 301 g/mol. The molecule has 0 bridgehead atoms. The van der Waals surface area contributed by atoms with E-state index in [-0.39, 0.29) is 18.4 Å². The minimum absolute atomic E-state index is 0.119. The summed E-state index contributed by atoms with van der Waals surface area (Å²) in [6, 6.07) is 3.71. The van der Waals surface area contributed by atoms with Crippen molar-refractivity contribution in [2.24, 2.45) is 0 Å². The van der Waals surface area contributed by atoms with Crippen LogP contribution in [-0.2, 0) is 17.8 Å². The SMILES string of the molecule is CN(C)[C@@H]1Cc2ccc(CO)c3c2C2[C@@H](O3)C(=O)C=C[C@]21O. The molecule has 5 nitrogen and oxygen atoms in total. The minimum Gasteiger partial charge on any atom is -0.481 e. The summed E-state index contributed by atoms with van der Waals surface area (Å²) >= 11 is 0. The Hall–Kier alpha value is -1.69. The molecule has 1 unspecified atom stereocenters. The molecule has 0 fully saturated rings. The molecule has 1 aromatic carbocycles. The smallest absolute Gasteiger partial charge is 0.196 e. The van der Waals surface area contributed by atoms with E-state index >= 15 is 0 Å². The Balaban J connectivity index is 1.98. The van der Waals surface area contributed by atoms with Crippen LogP contribution in [0.5, 0.6) is 5.75 Å². The maximum atomic E-state index is 12.2. The summed E-state index contributed by atoms with van der Waals surface area (Å²) in [6.07, 6.45) is 3.06. The van der Waals surface area contributed by atoms with Crippen molar-refractivity contribution in [1.82, 2.24) is 4.90 Å². The van der Waals surface area contributed by atoms with E-state index in [2.05, 4.69) is 0 Å². The molecule has 1 aliphatic heterocycles. The van der Waals surface area contributed by atoms with Crippen molar-refractivity contribution >= 4 is 5.78 Å². The van der Waals surface area contributed by atoms with E-state index in [1.54, 1.807) is 6.08 Å². The number of nitrogens with zero attached hydrogens (tertiary/aromatic N) is 1. The highest BCUT2D eigenvalue weighted by molar-refractivity contribution is 5.97. The zero-order valence-corrected chi connectivity index (χ0v) is 12.6. The zero-order chi connectivity index (χ0) is 15.6. The van der Waals surface area contributed by atoms with Gasteiger partial charge in [0.1, 0.15) is 11.4 Å². The van der Waals surface area contributed by atoms with Crippen molar-refractivity contribution in [3.63, 3.8) is 0 Å². The molecule has 0 radical (unpaired) electrons. The first-order chi connectivity index (χ1) is 10.5. The van der Waals surface area contributed by atoms with Gasteiger partial charge < -0.3 is 19.8 Å². The Kier molecular flexibility index (Phi) is 2.79. The van der Waals surface area contributed by atoms with E-state index in [0.29, 0.717) is 17.7 Å². The number of ketones is 1. The number of rotatable bonds is 2. The molecule has 0 aromatic heterocycles. The van der Waals surface area contributed by atoms with Crippen molar-refractivity contribution in [3.05, 3.63) is 41.0 Å². The van der Waals surface area contributed by atoms with Gasteiger partial charge in [-0.1, -0.05) is 12.1 Å². The van der Waals surface area contributed by atoms with Crippen LogP contribution in [0.2, 0.25) is 0 Å². The van der Waals surface area contributed by atoms with Gasteiger partial charge >= 0.3 is 0 Å². The van der Waals surface area contributed by atoms with Crippen molar-refractivity contribution in [3.8, 4) is 5.75 Å². The highest BCUT2D eigenvalue weighted by atomic mass is 16.5. The molecule has 0 spiro atoms. The fourth-order valence-electron chi connectivity index (χ4n) is 4.21. The summed E-state index contributed by atoms with van der Waals surface area (Å²) in [5.74, 6) is 0.0606. The third-order valence-corrected chi connectivity index (χ3v) is 5.26. The van der Waals surface area contributed by atoms with Crippen LogP contribution in [0.4, 0.5) is 0 Å². The molecule has 1 aromatic rings.